The minimum atomic E-state index is -1.07. The van der Waals surface area contributed by atoms with Crippen molar-refractivity contribution in [2.75, 3.05) is 13.3 Å². The predicted molar refractivity (Wildman–Crippen MR) is 118 cm³/mol. The molecule has 2 rings (SSSR count). The topological polar surface area (TPSA) is 132 Å². The molecule has 2 aromatic heterocycles. The second-order valence-corrected chi connectivity index (χ2v) is 14.4. The second kappa shape index (κ2) is 9.26. The third kappa shape index (κ3) is 5.60. The number of allylic oxidation sites excluding steroid dienone is 2. The Balaban J connectivity index is 1.98. The Hall–Kier alpha value is -2.30. The van der Waals surface area contributed by atoms with Gasteiger partial charge in [0.1, 0.15) is 17.4 Å². The van der Waals surface area contributed by atoms with E-state index in [1.165, 1.54) is 11.3 Å². The maximum Gasteiger partial charge on any atom is 0.266 e. The number of fused-ring (bicyclic) bond motifs is 1. The summed E-state index contributed by atoms with van der Waals surface area (Å²) < 4.78 is 7.89. The van der Waals surface area contributed by atoms with Crippen molar-refractivity contribution in [3.05, 3.63) is 28.0 Å². The summed E-state index contributed by atoms with van der Waals surface area (Å²) in [4.78, 5) is 20.3. The molecule has 2 heterocycles. The van der Waals surface area contributed by atoms with Gasteiger partial charge in [0.05, 0.1) is 4.70 Å². The molecule has 8 nitrogen and oxygen atoms in total. The summed E-state index contributed by atoms with van der Waals surface area (Å²) in [7, 11) is 0.643. The van der Waals surface area contributed by atoms with Crippen molar-refractivity contribution in [3.8, 4) is 0 Å². The number of hydrogen-bond donors (Lipinski definition) is 3. The number of rotatable bonds is 10. The molecule has 28 heavy (non-hydrogen) atoms. The van der Waals surface area contributed by atoms with Gasteiger partial charge in [0.15, 0.2) is 5.65 Å². The summed E-state index contributed by atoms with van der Waals surface area (Å²) >= 11 is 1.40. The van der Waals surface area contributed by atoms with Crippen LogP contribution in [-0.4, -0.2) is 49.3 Å². The lowest BCUT2D eigenvalue weighted by molar-refractivity contribution is 0.0993. The van der Waals surface area contributed by atoms with Crippen LogP contribution in [0.15, 0.2) is 16.8 Å². The van der Waals surface area contributed by atoms with Crippen LogP contribution in [0.25, 0.3) is 10.3 Å². The van der Waals surface area contributed by atoms with Crippen LogP contribution in [0, 0.1) is 5.41 Å². The molecule has 0 spiro atoms. The van der Waals surface area contributed by atoms with Crippen molar-refractivity contribution in [3.63, 3.8) is 0 Å². The summed E-state index contributed by atoms with van der Waals surface area (Å²) in [6.45, 7) is 8.00. The molecule has 0 bridgehead atoms. The molecule has 5 N–H and O–H groups in total. The molecule has 0 unspecified atom stereocenters. The van der Waals surface area contributed by atoms with E-state index >= 15 is 0 Å². The number of aromatic nitrogens is 2. The highest BCUT2D eigenvalue weighted by Crippen LogP contribution is 2.30. The van der Waals surface area contributed by atoms with Gasteiger partial charge >= 0.3 is 0 Å². The molecule has 1 amide bonds. The van der Waals surface area contributed by atoms with Crippen LogP contribution in [-0.2, 0) is 18.2 Å². The van der Waals surface area contributed by atoms with Crippen LogP contribution in [0.5, 0.6) is 0 Å². The molecule has 0 fully saturated rings. The first-order chi connectivity index (χ1) is 13.1. The zero-order valence-corrected chi connectivity index (χ0v) is 18.6. The molecule has 0 atom stereocenters. The van der Waals surface area contributed by atoms with Gasteiger partial charge in [-0.05, 0) is 12.1 Å². The van der Waals surface area contributed by atoms with Gasteiger partial charge in [0.2, 0.25) is 0 Å². The van der Waals surface area contributed by atoms with E-state index < -0.39 is 14.0 Å². The molecule has 0 aliphatic heterocycles. The fraction of sp³-hybridized carbons (Fsp3) is 0.444. The van der Waals surface area contributed by atoms with E-state index in [-0.39, 0.29) is 0 Å². The van der Waals surface area contributed by atoms with Crippen LogP contribution in [0.4, 0.5) is 0 Å². The monoisotopic (exact) mass is 420 g/mol. The Morgan fingerprint density at radius 2 is 2.11 bits per heavy atom. The number of nitrogens with one attached hydrogen (secondary N) is 1. The van der Waals surface area contributed by atoms with Gasteiger partial charge in [0, 0.05) is 51.8 Å². The average Bonchev–Trinajstić information content (AvgIpc) is 3.10. The number of primary amides is 1. The number of ether oxygens (including phenoxy) is 1. The van der Waals surface area contributed by atoms with Crippen molar-refractivity contribution >= 4 is 48.1 Å². The molecule has 0 saturated heterocycles. The third-order valence-corrected chi connectivity index (χ3v) is 6.88. The molecule has 0 aromatic carbocycles. The van der Waals surface area contributed by atoms with E-state index in [1.807, 2.05) is 0 Å². The van der Waals surface area contributed by atoms with Gasteiger partial charge in [-0.25, -0.2) is 4.98 Å². The zero-order chi connectivity index (χ0) is 20.9. The third-order valence-electron chi connectivity index (χ3n) is 4.10. The Bertz CT molecular complexity index is 923. The van der Waals surface area contributed by atoms with E-state index in [2.05, 4.69) is 29.6 Å². The van der Waals surface area contributed by atoms with Crippen molar-refractivity contribution in [2.24, 2.45) is 23.5 Å². The first kappa shape index (κ1) is 22.0. The minimum Gasteiger partial charge on any atom is -0.402 e. The zero-order valence-electron chi connectivity index (χ0n) is 16.8. The largest absolute Gasteiger partial charge is 0.402 e. The van der Waals surface area contributed by atoms with Crippen molar-refractivity contribution < 1.29 is 9.53 Å². The van der Waals surface area contributed by atoms with Crippen molar-refractivity contribution in [1.82, 2.24) is 9.55 Å². The highest BCUT2D eigenvalue weighted by molar-refractivity contribution is 7.19. The number of amides is 1. The molecule has 0 aliphatic rings. The molecule has 0 radical (unpaired) electrons. The maximum atomic E-state index is 11.6. The average molecular weight is 421 g/mol. The van der Waals surface area contributed by atoms with Crippen LogP contribution >= 0.6 is 11.3 Å². The Morgan fingerprint density at radius 1 is 1.39 bits per heavy atom. The lowest BCUT2D eigenvalue weighted by Gasteiger charge is -2.14. The number of nitrogens with zero attached hydrogens (tertiary/aromatic N) is 3. The number of carbonyl (C=O) groups is 1. The normalized spacial score (nSPS) is 12.9. The lowest BCUT2D eigenvalue weighted by Crippen LogP contribution is -2.21. The van der Waals surface area contributed by atoms with Gasteiger partial charge < -0.3 is 26.2 Å². The molecule has 152 valence electrons. The van der Waals surface area contributed by atoms with Gasteiger partial charge in [-0.2, -0.15) is 0 Å². The van der Waals surface area contributed by atoms with Crippen molar-refractivity contribution in [1.29, 1.82) is 5.41 Å². The van der Waals surface area contributed by atoms with Crippen LogP contribution < -0.4 is 11.5 Å². The highest BCUT2D eigenvalue weighted by Gasteiger charge is 2.21. The molecular formula is C18H28N6O2SSi. The molecular weight excluding hydrogens is 392 g/mol. The summed E-state index contributed by atoms with van der Waals surface area (Å²) in [6.07, 6.45) is 4.98. The summed E-state index contributed by atoms with van der Waals surface area (Å²) in [6, 6.07) is 1.12. The number of aryl methyl sites for hydroxylation is 1. The minimum absolute atomic E-state index is 0.292. The van der Waals surface area contributed by atoms with E-state index in [0.717, 1.165) is 28.6 Å². The van der Waals surface area contributed by atoms with Crippen LogP contribution in [0.3, 0.4) is 0 Å². The summed E-state index contributed by atoms with van der Waals surface area (Å²) in [5.41, 5.74) is 13.5. The van der Waals surface area contributed by atoms with Gasteiger partial charge in [-0.3, -0.25) is 9.79 Å². The maximum absolute atomic E-state index is 11.6. The Kier molecular flexibility index (Phi) is 7.27. The first-order valence-electron chi connectivity index (χ1n) is 8.94. The van der Waals surface area contributed by atoms with E-state index in [1.54, 1.807) is 23.9 Å². The first-order valence-corrected chi connectivity index (χ1v) is 13.5. The SMILES string of the molecule is Cn1c(C(N)=O)c(C=N)c2sc(C/C(N)=C/C=N/COCC[Si](C)(C)C)nc21. The molecule has 0 aliphatic carbocycles. The van der Waals surface area contributed by atoms with Gasteiger partial charge in [0.25, 0.3) is 5.91 Å². The molecule has 2 aromatic rings. The summed E-state index contributed by atoms with van der Waals surface area (Å²) in [5.74, 6) is -0.574. The second-order valence-electron chi connectivity index (χ2n) is 7.69. The van der Waals surface area contributed by atoms with Gasteiger partial charge in [-0.15, -0.1) is 11.3 Å². The molecule has 0 saturated carbocycles. The number of carbonyl (C=O) groups excluding carboxylic acids is 1. The van der Waals surface area contributed by atoms with E-state index in [0.29, 0.717) is 35.8 Å². The highest BCUT2D eigenvalue weighted by atomic mass is 32.1. The predicted octanol–water partition coefficient (Wildman–Crippen LogP) is 2.50. The quantitative estimate of drug-likeness (QED) is 0.309. The lowest BCUT2D eigenvalue weighted by atomic mass is 10.2. The fourth-order valence-corrected chi connectivity index (χ4v) is 4.48. The number of hydrogen-bond acceptors (Lipinski definition) is 7. The number of nitrogens with two attached hydrogens (primary N) is 2. The van der Waals surface area contributed by atoms with E-state index in [9.17, 15) is 4.79 Å². The fourth-order valence-electron chi connectivity index (χ4n) is 2.58. The standard InChI is InChI=1S/C18H28N6O2SSi/c1-24-15(17(21)25)13(10-19)16-18(24)23-14(27-16)9-12(20)5-6-22-11-26-7-8-28(2,3)4/h5-6,10,19H,7-9,11,20H2,1-4H3,(H2,21,25)/b12-5-,19-10?,22-6+. The molecule has 10 heteroatoms. The van der Waals surface area contributed by atoms with E-state index in [4.69, 9.17) is 21.6 Å². The van der Waals surface area contributed by atoms with Gasteiger partial charge in [-0.1, -0.05) is 19.6 Å². The van der Waals surface area contributed by atoms with Crippen LogP contribution in [0.1, 0.15) is 21.1 Å². The van der Waals surface area contributed by atoms with Crippen LogP contribution in [0.2, 0.25) is 25.7 Å². The number of thiazole rings is 1. The number of aliphatic imine (C=N–C) groups is 1. The Labute approximate surface area is 169 Å². The summed E-state index contributed by atoms with van der Waals surface area (Å²) in [5, 5.41) is 8.39. The smallest absolute Gasteiger partial charge is 0.266 e. The van der Waals surface area contributed by atoms with Crippen molar-refractivity contribution in [2.45, 2.75) is 32.1 Å². The Morgan fingerprint density at radius 3 is 2.71 bits per heavy atom.